The van der Waals surface area contributed by atoms with E-state index in [1.807, 2.05) is 30.3 Å². The van der Waals surface area contributed by atoms with Gasteiger partial charge >= 0.3 is 0 Å². The van der Waals surface area contributed by atoms with E-state index >= 15 is 0 Å². The molecule has 1 unspecified atom stereocenters. The molecule has 1 aliphatic heterocycles. The molecule has 6 heteroatoms. The first-order chi connectivity index (χ1) is 11.9. The highest BCUT2D eigenvalue weighted by Crippen LogP contribution is 2.21. The molecule has 136 valence electrons. The van der Waals surface area contributed by atoms with E-state index < -0.39 is 6.10 Å². The van der Waals surface area contributed by atoms with Crippen LogP contribution in [0.25, 0.3) is 0 Å². The fourth-order valence-electron chi connectivity index (χ4n) is 2.97. The first-order valence-corrected chi connectivity index (χ1v) is 8.92. The van der Waals surface area contributed by atoms with Crippen LogP contribution in [0, 0.1) is 0 Å². The normalized spacial score (nSPS) is 18.4. The van der Waals surface area contributed by atoms with E-state index in [1.165, 1.54) is 0 Å². The molecule has 1 saturated heterocycles. The summed E-state index contributed by atoms with van der Waals surface area (Å²) in [6.07, 6.45) is -0.432. The van der Waals surface area contributed by atoms with Gasteiger partial charge in [-0.25, -0.2) is 0 Å². The number of aliphatic hydroxyl groups excluding tert-OH is 1. The number of aliphatic hydroxyl groups is 1. The van der Waals surface area contributed by atoms with Gasteiger partial charge in [0.05, 0.1) is 12.6 Å². The smallest absolute Gasteiger partial charge is 0.230 e. The average molecular weight is 344 g/mol. The van der Waals surface area contributed by atoms with Gasteiger partial charge in [-0.3, -0.25) is 9.80 Å². The molecule has 0 radical (unpaired) electrons. The lowest BCUT2D eigenvalue weighted by atomic mass is 9.97. The van der Waals surface area contributed by atoms with Gasteiger partial charge in [-0.1, -0.05) is 51.1 Å². The van der Waals surface area contributed by atoms with E-state index in [0.29, 0.717) is 24.9 Å². The van der Waals surface area contributed by atoms with E-state index in [1.54, 1.807) is 0 Å². The molecule has 1 aromatic heterocycles. The molecular weight excluding hydrogens is 316 g/mol. The maximum Gasteiger partial charge on any atom is 0.230 e. The summed E-state index contributed by atoms with van der Waals surface area (Å²) in [7, 11) is 0. The van der Waals surface area contributed by atoms with Crippen molar-refractivity contribution in [3.05, 3.63) is 47.7 Å². The van der Waals surface area contributed by atoms with E-state index in [0.717, 1.165) is 31.7 Å². The van der Waals surface area contributed by atoms with Crippen LogP contribution in [-0.2, 0) is 12.0 Å². The first kappa shape index (κ1) is 18.0. The van der Waals surface area contributed by atoms with Crippen molar-refractivity contribution in [2.45, 2.75) is 38.8 Å². The van der Waals surface area contributed by atoms with Gasteiger partial charge in [-0.15, -0.1) is 10.2 Å². The van der Waals surface area contributed by atoms with Crippen LogP contribution in [0.3, 0.4) is 0 Å². The molecule has 1 N–H and O–H groups in total. The molecule has 0 spiro atoms. The highest BCUT2D eigenvalue weighted by atomic mass is 16.4. The van der Waals surface area contributed by atoms with Crippen molar-refractivity contribution in [3.8, 4) is 0 Å². The molecule has 6 nitrogen and oxygen atoms in total. The van der Waals surface area contributed by atoms with Crippen LogP contribution in [0.15, 0.2) is 34.7 Å². The Bertz CT molecular complexity index is 658. The zero-order chi connectivity index (χ0) is 17.9. The lowest BCUT2D eigenvalue weighted by Crippen LogP contribution is -2.47. The van der Waals surface area contributed by atoms with Crippen LogP contribution in [0.1, 0.15) is 44.2 Å². The number of hydrogen-bond donors (Lipinski definition) is 1. The second-order valence-corrected chi connectivity index (χ2v) is 7.75. The summed E-state index contributed by atoms with van der Waals surface area (Å²) >= 11 is 0. The molecule has 1 aliphatic rings. The number of β-amino-alcohol motifs (C(OH)–C–C–N with tert-alkyl or cyclic N) is 1. The Hall–Kier alpha value is -1.76. The number of aromatic nitrogens is 2. The van der Waals surface area contributed by atoms with Crippen LogP contribution in [-0.4, -0.2) is 57.8 Å². The topological polar surface area (TPSA) is 65.6 Å². The summed E-state index contributed by atoms with van der Waals surface area (Å²) in [6.45, 7) is 11.3. The van der Waals surface area contributed by atoms with Crippen molar-refractivity contribution in [2.75, 3.05) is 32.7 Å². The second kappa shape index (κ2) is 7.64. The van der Waals surface area contributed by atoms with Crippen LogP contribution in [0.2, 0.25) is 0 Å². The Kier molecular flexibility index (Phi) is 5.51. The number of piperazine rings is 1. The van der Waals surface area contributed by atoms with Gasteiger partial charge in [0.25, 0.3) is 0 Å². The zero-order valence-corrected chi connectivity index (χ0v) is 15.4. The minimum Gasteiger partial charge on any atom is -0.423 e. The van der Waals surface area contributed by atoms with Crippen molar-refractivity contribution in [1.82, 2.24) is 20.0 Å². The van der Waals surface area contributed by atoms with E-state index in [4.69, 9.17) is 4.42 Å². The van der Waals surface area contributed by atoms with E-state index in [-0.39, 0.29) is 5.41 Å². The predicted molar refractivity (Wildman–Crippen MR) is 96.1 cm³/mol. The monoisotopic (exact) mass is 344 g/mol. The van der Waals surface area contributed by atoms with Gasteiger partial charge in [0.1, 0.15) is 0 Å². The van der Waals surface area contributed by atoms with E-state index in [9.17, 15) is 5.11 Å². The number of benzene rings is 1. The SMILES string of the molecule is CC(C)(C)c1nnc(CN2CCN(CC(O)c3ccccc3)CC2)o1. The molecule has 1 fully saturated rings. The lowest BCUT2D eigenvalue weighted by molar-refractivity contribution is 0.0668. The molecule has 2 aromatic rings. The second-order valence-electron chi connectivity index (χ2n) is 7.75. The molecule has 1 aromatic carbocycles. The molecule has 0 bridgehead atoms. The van der Waals surface area contributed by atoms with Gasteiger partial charge < -0.3 is 9.52 Å². The van der Waals surface area contributed by atoms with Crippen molar-refractivity contribution >= 4 is 0 Å². The third-order valence-electron chi connectivity index (χ3n) is 4.55. The molecule has 0 aliphatic carbocycles. The summed E-state index contributed by atoms with van der Waals surface area (Å²) in [5, 5.41) is 18.7. The standard InChI is InChI=1S/C19H28N4O2/c1-19(2,3)18-21-20-17(25-18)14-23-11-9-22(10-12-23)13-16(24)15-7-5-4-6-8-15/h4-8,16,24H,9-14H2,1-3H3. The summed E-state index contributed by atoms with van der Waals surface area (Å²) in [5.74, 6) is 1.37. The van der Waals surface area contributed by atoms with Crippen molar-refractivity contribution in [1.29, 1.82) is 0 Å². The summed E-state index contributed by atoms with van der Waals surface area (Å²) in [5.41, 5.74) is 0.864. The molecule has 25 heavy (non-hydrogen) atoms. The van der Waals surface area contributed by atoms with Gasteiger partial charge in [0.15, 0.2) is 0 Å². The van der Waals surface area contributed by atoms with Crippen molar-refractivity contribution in [2.24, 2.45) is 0 Å². The van der Waals surface area contributed by atoms with Gasteiger partial charge in [-0.2, -0.15) is 0 Å². The predicted octanol–water partition coefficient (Wildman–Crippen LogP) is 2.22. The summed E-state index contributed by atoms with van der Waals surface area (Å²) in [6, 6.07) is 9.85. The Labute approximate surface area is 149 Å². The first-order valence-electron chi connectivity index (χ1n) is 8.92. The van der Waals surface area contributed by atoms with Crippen LogP contribution in [0.5, 0.6) is 0 Å². The number of nitrogens with zero attached hydrogens (tertiary/aromatic N) is 4. The quantitative estimate of drug-likeness (QED) is 0.897. The number of hydrogen-bond acceptors (Lipinski definition) is 6. The Balaban J connectivity index is 1.46. The van der Waals surface area contributed by atoms with Crippen molar-refractivity contribution < 1.29 is 9.52 Å². The Morgan fingerprint density at radius 3 is 2.28 bits per heavy atom. The Morgan fingerprint density at radius 2 is 1.68 bits per heavy atom. The molecular formula is C19H28N4O2. The lowest BCUT2D eigenvalue weighted by Gasteiger charge is -2.35. The minimum absolute atomic E-state index is 0.114. The van der Waals surface area contributed by atoms with Crippen LogP contribution < -0.4 is 0 Å². The highest BCUT2D eigenvalue weighted by Gasteiger charge is 2.24. The van der Waals surface area contributed by atoms with Crippen LogP contribution in [0.4, 0.5) is 0 Å². The number of rotatable bonds is 5. The third kappa shape index (κ3) is 4.87. The molecule has 0 saturated carbocycles. The molecule has 1 atom stereocenters. The van der Waals surface area contributed by atoms with Crippen LogP contribution >= 0.6 is 0 Å². The third-order valence-corrected chi connectivity index (χ3v) is 4.55. The average Bonchev–Trinajstić information content (AvgIpc) is 3.06. The largest absolute Gasteiger partial charge is 0.423 e. The minimum atomic E-state index is -0.432. The summed E-state index contributed by atoms with van der Waals surface area (Å²) < 4.78 is 5.78. The van der Waals surface area contributed by atoms with Gasteiger partial charge in [-0.05, 0) is 5.56 Å². The van der Waals surface area contributed by atoms with E-state index in [2.05, 4.69) is 40.8 Å². The molecule has 0 amide bonds. The molecule has 2 heterocycles. The molecule has 3 rings (SSSR count). The van der Waals surface area contributed by atoms with Gasteiger partial charge in [0, 0.05) is 38.1 Å². The summed E-state index contributed by atoms with van der Waals surface area (Å²) in [4.78, 5) is 4.63. The fraction of sp³-hybridized carbons (Fsp3) is 0.579. The Morgan fingerprint density at radius 1 is 1.04 bits per heavy atom. The fourth-order valence-corrected chi connectivity index (χ4v) is 2.97. The maximum absolute atomic E-state index is 10.4. The highest BCUT2D eigenvalue weighted by molar-refractivity contribution is 5.17. The maximum atomic E-state index is 10.4. The zero-order valence-electron chi connectivity index (χ0n) is 15.4. The van der Waals surface area contributed by atoms with Gasteiger partial charge in [0.2, 0.25) is 11.8 Å². The van der Waals surface area contributed by atoms with Crippen molar-refractivity contribution in [3.63, 3.8) is 0 Å².